The molecule has 0 N–H and O–H groups in total. The summed E-state index contributed by atoms with van der Waals surface area (Å²) in [5, 5.41) is 5.16. The summed E-state index contributed by atoms with van der Waals surface area (Å²) in [6, 6.07) is 19.9. The lowest BCUT2D eigenvalue weighted by Crippen LogP contribution is -1.94. The lowest BCUT2D eigenvalue weighted by atomic mass is 9.90. The van der Waals surface area contributed by atoms with Crippen molar-refractivity contribution in [2.24, 2.45) is 0 Å². The molecule has 4 aromatic rings. The fourth-order valence-corrected chi connectivity index (χ4v) is 3.89. The SMILES string of the molecule is Cc1cc(C)cc(-c2nccc3cc(C(C)C)c4ccccc4c23)c1. The molecule has 0 radical (unpaired) electrons. The highest BCUT2D eigenvalue weighted by atomic mass is 14.7. The fourth-order valence-electron chi connectivity index (χ4n) is 3.89. The smallest absolute Gasteiger partial charge is 0.0786 e. The van der Waals surface area contributed by atoms with Gasteiger partial charge in [0.05, 0.1) is 5.69 Å². The maximum Gasteiger partial charge on any atom is 0.0786 e. The Bertz CT molecular complexity index is 1070. The predicted octanol–water partition coefficient (Wildman–Crippen LogP) is 6.80. The van der Waals surface area contributed by atoms with E-state index in [1.807, 2.05) is 6.20 Å². The second kappa shape index (κ2) is 6.00. The molecule has 0 aliphatic heterocycles. The van der Waals surface area contributed by atoms with E-state index in [4.69, 9.17) is 4.98 Å². The van der Waals surface area contributed by atoms with Gasteiger partial charge < -0.3 is 0 Å². The van der Waals surface area contributed by atoms with Crippen molar-refractivity contribution in [2.45, 2.75) is 33.6 Å². The Morgan fingerprint density at radius 2 is 1.48 bits per heavy atom. The lowest BCUT2D eigenvalue weighted by molar-refractivity contribution is 0.878. The van der Waals surface area contributed by atoms with Gasteiger partial charge in [-0.3, -0.25) is 4.98 Å². The zero-order valence-corrected chi connectivity index (χ0v) is 15.3. The molecule has 0 bridgehead atoms. The summed E-state index contributed by atoms with van der Waals surface area (Å²) in [5.74, 6) is 0.493. The summed E-state index contributed by atoms with van der Waals surface area (Å²) < 4.78 is 0. The Kier molecular flexibility index (Phi) is 3.80. The van der Waals surface area contributed by atoms with Crippen molar-refractivity contribution < 1.29 is 0 Å². The van der Waals surface area contributed by atoms with Crippen LogP contribution in [0.5, 0.6) is 0 Å². The molecule has 1 aromatic heterocycles. The third-order valence-corrected chi connectivity index (χ3v) is 4.92. The van der Waals surface area contributed by atoms with Gasteiger partial charge in [-0.1, -0.05) is 61.4 Å². The molecule has 0 atom stereocenters. The number of benzene rings is 3. The van der Waals surface area contributed by atoms with Crippen LogP contribution in [0.15, 0.2) is 60.8 Å². The first kappa shape index (κ1) is 15.8. The molecule has 25 heavy (non-hydrogen) atoms. The van der Waals surface area contributed by atoms with Crippen LogP contribution in [0.1, 0.15) is 36.5 Å². The van der Waals surface area contributed by atoms with Crippen molar-refractivity contribution in [2.75, 3.05) is 0 Å². The average molecular weight is 325 g/mol. The molecule has 0 fully saturated rings. The first-order valence-electron chi connectivity index (χ1n) is 8.93. The lowest BCUT2D eigenvalue weighted by Gasteiger charge is -2.16. The van der Waals surface area contributed by atoms with Gasteiger partial charge in [0.2, 0.25) is 0 Å². The van der Waals surface area contributed by atoms with Gasteiger partial charge in [-0.2, -0.15) is 0 Å². The molecule has 4 rings (SSSR count). The van der Waals surface area contributed by atoms with Crippen LogP contribution >= 0.6 is 0 Å². The van der Waals surface area contributed by atoms with Gasteiger partial charge in [0.1, 0.15) is 0 Å². The summed E-state index contributed by atoms with van der Waals surface area (Å²) in [5.41, 5.74) is 6.23. The third kappa shape index (κ3) is 2.70. The summed E-state index contributed by atoms with van der Waals surface area (Å²) in [7, 11) is 0. The van der Waals surface area contributed by atoms with Gasteiger partial charge in [-0.15, -0.1) is 0 Å². The van der Waals surface area contributed by atoms with Gasteiger partial charge in [0.25, 0.3) is 0 Å². The van der Waals surface area contributed by atoms with Crippen LogP contribution in [0.2, 0.25) is 0 Å². The summed E-state index contributed by atoms with van der Waals surface area (Å²) >= 11 is 0. The van der Waals surface area contributed by atoms with Gasteiger partial charge in [0.15, 0.2) is 0 Å². The molecule has 0 saturated heterocycles. The van der Waals surface area contributed by atoms with Gasteiger partial charge >= 0.3 is 0 Å². The Hall–Kier alpha value is -2.67. The van der Waals surface area contributed by atoms with Crippen molar-refractivity contribution in [3.63, 3.8) is 0 Å². The summed E-state index contributed by atoms with van der Waals surface area (Å²) in [6.45, 7) is 8.83. The van der Waals surface area contributed by atoms with Crippen LogP contribution in [-0.2, 0) is 0 Å². The molecule has 1 nitrogen and oxygen atoms in total. The van der Waals surface area contributed by atoms with Crippen LogP contribution in [0.4, 0.5) is 0 Å². The highest BCUT2D eigenvalue weighted by Gasteiger charge is 2.14. The van der Waals surface area contributed by atoms with Crippen molar-refractivity contribution in [3.8, 4) is 11.3 Å². The van der Waals surface area contributed by atoms with E-state index < -0.39 is 0 Å². The highest BCUT2D eigenvalue weighted by molar-refractivity contribution is 6.14. The Balaban J connectivity index is 2.16. The normalized spacial score (nSPS) is 11.6. The van der Waals surface area contributed by atoms with E-state index in [1.165, 1.54) is 43.8 Å². The zero-order chi connectivity index (χ0) is 17.6. The molecule has 124 valence electrons. The molecular formula is C24H23N. The van der Waals surface area contributed by atoms with Crippen molar-refractivity contribution >= 4 is 21.5 Å². The van der Waals surface area contributed by atoms with Gasteiger partial charge in [-0.05, 0) is 59.7 Å². The first-order chi connectivity index (χ1) is 12.0. The molecular weight excluding hydrogens is 302 g/mol. The summed E-state index contributed by atoms with van der Waals surface area (Å²) in [4.78, 5) is 4.78. The first-order valence-corrected chi connectivity index (χ1v) is 8.93. The number of hydrogen-bond acceptors (Lipinski definition) is 1. The number of hydrogen-bond donors (Lipinski definition) is 0. The Morgan fingerprint density at radius 3 is 2.16 bits per heavy atom. The summed E-state index contributed by atoms with van der Waals surface area (Å²) in [6.07, 6.45) is 1.94. The van der Waals surface area contributed by atoms with E-state index in [9.17, 15) is 0 Å². The number of nitrogens with zero attached hydrogens (tertiary/aromatic N) is 1. The fraction of sp³-hybridized carbons (Fsp3) is 0.208. The minimum Gasteiger partial charge on any atom is -0.256 e. The second-order valence-electron chi connectivity index (χ2n) is 7.30. The highest BCUT2D eigenvalue weighted by Crippen LogP contribution is 2.37. The maximum atomic E-state index is 4.78. The number of aromatic nitrogens is 1. The predicted molar refractivity (Wildman–Crippen MR) is 108 cm³/mol. The molecule has 0 amide bonds. The van der Waals surface area contributed by atoms with E-state index in [0.29, 0.717) is 5.92 Å². The molecule has 0 saturated carbocycles. The van der Waals surface area contributed by atoms with Crippen LogP contribution in [-0.4, -0.2) is 4.98 Å². The molecule has 0 spiro atoms. The minimum atomic E-state index is 0.493. The second-order valence-corrected chi connectivity index (χ2v) is 7.30. The van der Waals surface area contributed by atoms with Crippen molar-refractivity contribution in [1.82, 2.24) is 4.98 Å². The Morgan fingerprint density at radius 1 is 0.800 bits per heavy atom. The van der Waals surface area contributed by atoms with E-state index in [-0.39, 0.29) is 0 Å². The molecule has 0 unspecified atom stereocenters. The van der Waals surface area contributed by atoms with Crippen LogP contribution in [0.25, 0.3) is 32.8 Å². The quantitative estimate of drug-likeness (QED) is 0.369. The number of pyridine rings is 1. The third-order valence-electron chi connectivity index (χ3n) is 4.92. The molecule has 3 aromatic carbocycles. The monoisotopic (exact) mass is 325 g/mol. The molecule has 0 aliphatic rings. The average Bonchev–Trinajstić information content (AvgIpc) is 2.59. The van der Waals surface area contributed by atoms with E-state index >= 15 is 0 Å². The van der Waals surface area contributed by atoms with E-state index in [2.05, 4.69) is 82.3 Å². The van der Waals surface area contributed by atoms with E-state index in [1.54, 1.807) is 0 Å². The number of aryl methyl sites for hydroxylation is 2. The van der Waals surface area contributed by atoms with Gasteiger partial charge in [0, 0.05) is 17.1 Å². The van der Waals surface area contributed by atoms with Crippen LogP contribution in [0, 0.1) is 13.8 Å². The molecule has 1 heteroatoms. The van der Waals surface area contributed by atoms with Crippen molar-refractivity contribution in [1.29, 1.82) is 0 Å². The number of fused-ring (bicyclic) bond motifs is 3. The Labute approximate surface area is 149 Å². The minimum absolute atomic E-state index is 0.493. The van der Waals surface area contributed by atoms with Crippen molar-refractivity contribution in [3.05, 3.63) is 77.5 Å². The molecule has 0 aliphatic carbocycles. The number of rotatable bonds is 2. The topological polar surface area (TPSA) is 12.9 Å². The van der Waals surface area contributed by atoms with E-state index in [0.717, 1.165) is 5.69 Å². The standard InChI is InChI=1S/C24H23N/c1-15(2)22-14-18-9-10-25-24(19-12-16(3)11-17(4)13-19)23(18)21-8-6-5-7-20(21)22/h5-15H,1-4H3. The largest absolute Gasteiger partial charge is 0.256 e. The maximum absolute atomic E-state index is 4.78. The zero-order valence-electron chi connectivity index (χ0n) is 15.3. The molecule has 1 heterocycles. The van der Waals surface area contributed by atoms with Crippen LogP contribution in [0.3, 0.4) is 0 Å². The van der Waals surface area contributed by atoms with Crippen LogP contribution < -0.4 is 0 Å². The van der Waals surface area contributed by atoms with Gasteiger partial charge in [-0.25, -0.2) is 0 Å².